The van der Waals surface area contributed by atoms with Gasteiger partial charge in [0.25, 0.3) is 0 Å². The molecule has 2 fully saturated rings. The molecule has 0 aliphatic carbocycles. The maximum Gasteiger partial charge on any atom is 0.325 e. The molecule has 0 saturated carbocycles. The van der Waals surface area contributed by atoms with Crippen molar-refractivity contribution in [1.29, 1.82) is 0 Å². The van der Waals surface area contributed by atoms with Crippen molar-refractivity contribution in [3.63, 3.8) is 0 Å². The third-order valence-corrected chi connectivity index (χ3v) is 4.21. The molecule has 0 radical (unpaired) electrons. The lowest BCUT2D eigenvalue weighted by atomic mass is 10.1. The third-order valence-electron chi connectivity index (χ3n) is 3.34. The number of nitrogens with zero attached hydrogens (tertiary/aromatic N) is 3. The Hall–Kier alpha value is -0.410. The highest BCUT2D eigenvalue weighted by atomic mass is 32.1. The number of hydrogen-bond donors (Lipinski definition) is 4. The Morgan fingerprint density at radius 2 is 1.76 bits per heavy atom. The van der Waals surface area contributed by atoms with E-state index in [-0.39, 0.29) is 29.7 Å². The molecule has 6 nitrogen and oxygen atoms in total. The van der Waals surface area contributed by atoms with E-state index in [2.05, 4.69) is 43.2 Å². The summed E-state index contributed by atoms with van der Waals surface area (Å²) in [6.45, 7) is 1.82. The van der Waals surface area contributed by atoms with Gasteiger partial charge < -0.3 is 5.32 Å². The molecule has 0 aromatic rings. The van der Waals surface area contributed by atoms with Crippen LogP contribution in [0.2, 0.25) is 0 Å². The minimum Gasteiger partial charge on any atom is -0.313 e. The molecule has 2 rings (SSSR count). The van der Waals surface area contributed by atoms with Gasteiger partial charge in [-0.05, 0) is 6.92 Å². The number of carbonyl (C=O) groups excluding carboxylic acids is 2. The number of nitrogens with one attached hydrogen (secondary N) is 1. The van der Waals surface area contributed by atoms with E-state index in [1.165, 1.54) is 14.7 Å². The summed E-state index contributed by atoms with van der Waals surface area (Å²) < 4.78 is 0. The fourth-order valence-corrected chi connectivity index (χ4v) is 3.47. The summed E-state index contributed by atoms with van der Waals surface area (Å²) in [5.41, 5.74) is -0.763. The normalized spacial score (nSPS) is 32.2. The van der Waals surface area contributed by atoms with Gasteiger partial charge in [-0.25, -0.2) is 9.59 Å². The van der Waals surface area contributed by atoms with Crippen LogP contribution in [-0.4, -0.2) is 56.2 Å². The molecule has 2 heterocycles. The van der Waals surface area contributed by atoms with Crippen molar-refractivity contribution in [1.82, 2.24) is 20.0 Å². The van der Waals surface area contributed by atoms with E-state index in [0.29, 0.717) is 0 Å². The van der Waals surface area contributed by atoms with Crippen molar-refractivity contribution < 1.29 is 9.59 Å². The van der Waals surface area contributed by atoms with Crippen LogP contribution < -0.4 is 5.32 Å². The van der Waals surface area contributed by atoms with Crippen molar-refractivity contribution in [2.75, 3.05) is 17.6 Å². The number of urea groups is 2. The lowest BCUT2D eigenvalue weighted by molar-refractivity contribution is 0.0669. The van der Waals surface area contributed by atoms with Crippen LogP contribution in [0, 0.1) is 0 Å². The molecule has 2 saturated heterocycles. The van der Waals surface area contributed by atoms with Gasteiger partial charge in [0.05, 0.1) is 17.6 Å². The number of amides is 4. The zero-order valence-corrected chi connectivity index (χ0v) is 11.9. The molecule has 17 heavy (non-hydrogen) atoms. The van der Waals surface area contributed by atoms with Crippen LogP contribution in [0.15, 0.2) is 0 Å². The average Bonchev–Trinajstić information content (AvgIpc) is 2.63. The van der Waals surface area contributed by atoms with Gasteiger partial charge in [0.1, 0.15) is 0 Å². The van der Waals surface area contributed by atoms with E-state index in [0.717, 1.165) is 0 Å². The van der Waals surface area contributed by atoms with E-state index < -0.39 is 11.8 Å². The van der Waals surface area contributed by atoms with Crippen LogP contribution in [0.3, 0.4) is 0 Å². The van der Waals surface area contributed by atoms with Gasteiger partial charge in [0.2, 0.25) is 0 Å². The highest BCUT2D eigenvalue weighted by molar-refractivity contribution is 7.80. The maximum atomic E-state index is 12.1. The number of carbonyl (C=O) groups is 2. The quantitative estimate of drug-likeness (QED) is 0.572. The smallest absolute Gasteiger partial charge is 0.313 e. The Morgan fingerprint density at radius 1 is 1.18 bits per heavy atom. The van der Waals surface area contributed by atoms with Gasteiger partial charge in [0, 0.05) is 0 Å². The molecule has 0 spiro atoms. The van der Waals surface area contributed by atoms with Gasteiger partial charge in [-0.3, -0.25) is 14.7 Å². The third kappa shape index (κ3) is 1.52. The molecule has 9 heteroatoms. The summed E-state index contributed by atoms with van der Waals surface area (Å²) in [4.78, 5) is 28.5. The Bertz CT molecular complexity index is 369. The Balaban J connectivity index is 2.45. The largest absolute Gasteiger partial charge is 0.325 e. The molecule has 2 aliphatic rings. The number of thiol groups is 3. The molecule has 0 aromatic heterocycles. The summed E-state index contributed by atoms with van der Waals surface area (Å²) in [5, 5.41) is 2.77. The predicted molar refractivity (Wildman–Crippen MR) is 73.2 cm³/mol. The average molecular weight is 294 g/mol. The van der Waals surface area contributed by atoms with Crippen molar-refractivity contribution in [2.24, 2.45) is 0 Å². The number of hydrogen-bond acceptors (Lipinski definition) is 5. The Kier molecular flexibility index (Phi) is 3.34. The molecule has 96 valence electrons. The van der Waals surface area contributed by atoms with E-state index >= 15 is 0 Å². The number of fused-ring (bicyclic) bond motifs is 1. The highest BCUT2D eigenvalue weighted by Crippen LogP contribution is 2.39. The van der Waals surface area contributed by atoms with Crippen LogP contribution in [0.4, 0.5) is 9.59 Å². The highest BCUT2D eigenvalue weighted by Gasteiger charge is 2.62. The second-order valence-electron chi connectivity index (χ2n) is 3.98. The lowest BCUT2D eigenvalue weighted by Gasteiger charge is -2.37. The molecule has 2 unspecified atom stereocenters. The van der Waals surface area contributed by atoms with Gasteiger partial charge >= 0.3 is 12.1 Å². The number of rotatable bonds is 3. The van der Waals surface area contributed by atoms with E-state index in [4.69, 9.17) is 0 Å². The fraction of sp³-hybridized carbons (Fsp3) is 0.750. The second-order valence-corrected chi connectivity index (χ2v) is 4.83. The van der Waals surface area contributed by atoms with Crippen molar-refractivity contribution in [3.05, 3.63) is 0 Å². The summed E-state index contributed by atoms with van der Waals surface area (Å²) in [5.74, 6) is 0.705. The molecule has 1 N–H and O–H groups in total. The predicted octanol–water partition coefficient (Wildman–Crippen LogP) is 0.453. The van der Waals surface area contributed by atoms with Crippen molar-refractivity contribution in [2.45, 2.75) is 18.8 Å². The lowest BCUT2D eigenvalue weighted by Crippen LogP contribution is -2.57. The van der Waals surface area contributed by atoms with Gasteiger partial charge in [-0.1, -0.05) is 0 Å². The fourth-order valence-electron chi connectivity index (χ4n) is 2.36. The van der Waals surface area contributed by atoms with E-state index in [9.17, 15) is 9.59 Å². The molecular weight excluding hydrogens is 280 g/mol. The molecule has 4 amide bonds. The second kappa shape index (κ2) is 4.36. The zero-order chi connectivity index (χ0) is 12.8. The Morgan fingerprint density at radius 3 is 2.24 bits per heavy atom. The monoisotopic (exact) mass is 294 g/mol. The van der Waals surface area contributed by atoms with Gasteiger partial charge in [-0.15, -0.1) is 0 Å². The van der Waals surface area contributed by atoms with Crippen LogP contribution in [0.5, 0.6) is 0 Å². The molecule has 2 atom stereocenters. The van der Waals surface area contributed by atoms with Crippen LogP contribution in [-0.2, 0) is 0 Å². The van der Waals surface area contributed by atoms with Crippen LogP contribution in [0.1, 0.15) is 6.92 Å². The SMILES string of the molecule is CC12C(NC(=O)N1CS)N(CS)C(=O)N2CS. The molecular formula is C8H14N4O2S3. The molecule has 0 bridgehead atoms. The van der Waals surface area contributed by atoms with Crippen LogP contribution in [0.25, 0.3) is 0 Å². The minimum absolute atomic E-state index is 0.186. The topological polar surface area (TPSA) is 55.9 Å². The minimum atomic E-state index is -0.763. The first kappa shape index (κ1) is 13.0. The van der Waals surface area contributed by atoms with E-state index in [1.54, 1.807) is 0 Å². The molecule has 2 aliphatic heterocycles. The standard InChI is InChI=1S/C8H14N4O2S3/c1-8-5(9-6(13)11(8)3-16)10(2-15)7(14)12(8)4-17/h5,15-17H,2-4H2,1H3,(H,9,13). The first-order valence-corrected chi connectivity index (χ1v) is 6.91. The van der Waals surface area contributed by atoms with Crippen molar-refractivity contribution in [3.8, 4) is 0 Å². The summed E-state index contributed by atoms with van der Waals surface area (Å²) >= 11 is 12.4. The first-order chi connectivity index (χ1) is 8.02. The molecule has 0 aromatic carbocycles. The van der Waals surface area contributed by atoms with E-state index in [1.807, 2.05) is 6.92 Å². The summed E-state index contributed by atoms with van der Waals surface area (Å²) in [7, 11) is 0. The zero-order valence-electron chi connectivity index (χ0n) is 9.20. The summed E-state index contributed by atoms with van der Waals surface area (Å²) in [6.07, 6.45) is -0.417. The summed E-state index contributed by atoms with van der Waals surface area (Å²) in [6, 6.07) is -0.423. The first-order valence-electron chi connectivity index (χ1n) is 5.01. The van der Waals surface area contributed by atoms with Gasteiger partial charge in [0.15, 0.2) is 11.8 Å². The van der Waals surface area contributed by atoms with Gasteiger partial charge in [-0.2, -0.15) is 37.9 Å². The maximum absolute atomic E-state index is 12.1. The Labute approximate surface area is 116 Å². The van der Waals surface area contributed by atoms with Crippen molar-refractivity contribution >= 4 is 49.9 Å². The van der Waals surface area contributed by atoms with Crippen LogP contribution >= 0.6 is 37.9 Å².